The number of aromatic nitrogens is 2. The lowest BCUT2D eigenvalue weighted by molar-refractivity contribution is 0.0688. The first kappa shape index (κ1) is 14.1. The van der Waals surface area contributed by atoms with Crippen molar-refractivity contribution in [1.29, 1.82) is 0 Å². The molecular formula is C12H9F3N2O3. The summed E-state index contributed by atoms with van der Waals surface area (Å²) in [6, 6.07) is 1.06. The second-order valence-electron chi connectivity index (χ2n) is 3.95. The monoisotopic (exact) mass is 286 g/mol. The van der Waals surface area contributed by atoms with Gasteiger partial charge in [0, 0.05) is 30.5 Å². The molecule has 2 N–H and O–H groups in total. The molecule has 20 heavy (non-hydrogen) atoms. The third kappa shape index (κ3) is 2.50. The Morgan fingerprint density at radius 2 is 2.00 bits per heavy atom. The SMILES string of the molecule is O=C(O)c1nn(-c2cc(F)cc(F)c2F)cc1CCO. The van der Waals surface area contributed by atoms with Gasteiger partial charge in [-0.3, -0.25) is 0 Å². The maximum atomic E-state index is 13.6. The molecule has 0 aliphatic carbocycles. The van der Waals surface area contributed by atoms with E-state index in [-0.39, 0.29) is 18.6 Å². The third-order valence-corrected chi connectivity index (χ3v) is 2.59. The van der Waals surface area contributed by atoms with Crippen molar-refractivity contribution < 1.29 is 28.2 Å². The van der Waals surface area contributed by atoms with E-state index in [1.165, 1.54) is 0 Å². The largest absolute Gasteiger partial charge is 0.476 e. The standard InChI is InChI=1S/C12H9F3N2O3/c13-7-3-8(14)10(15)9(4-7)17-5-6(1-2-18)11(16-17)12(19)20/h3-5,18H,1-2H2,(H,19,20). The summed E-state index contributed by atoms with van der Waals surface area (Å²) in [7, 11) is 0. The average Bonchev–Trinajstić information content (AvgIpc) is 2.78. The Labute approximate surface area is 110 Å². The van der Waals surface area contributed by atoms with Crippen molar-refractivity contribution in [3.8, 4) is 5.69 Å². The second-order valence-corrected chi connectivity index (χ2v) is 3.95. The van der Waals surface area contributed by atoms with Crippen LogP contribution in [-0.2, 0) is 6.42 Å². The number of benzene rings is 1. The van der Waals surface area contributed by atoms with Gasteiger partial charge < -0.3 is 10.2 Å². The molecule has 0 aliphatic rings. The first-order valence-electron chi connectivity index (χ1n) is 5.51. The van der Waals surface area contributed by atoms with E-state index in [0.717, 1.165) is 10.9 Å². The van der Waals surface area contributed by atoms with Crippen LogP contribution >= 0.6 is 0 Å². The number of carboxylic acid groups (broad SMARTS) is 1. The van der Waals surface area contributed by atoms with Gasteiger partial charge in [0.1, 0.15) is 11.5 Å². The quantitative estimate of drug-likeness (QED) is 0.836. The highest BCUT2D eigenvalue weighted by Crippen LogP contribution is 2.20. The van der Waals surface area contributed by atoms with Crippen molar-refractivity contribution in [2.75, 3.05) is 6.61 Å². The number of rotatable bonds is 4. The van der Waals surface area contributed by atoms with Gasteiger partial charge in [-0.05, 0) is 6.42 Å². The molecule has 0 saturated heterocycles. The first-order chi connectivity index (χ1) is 9.43. The van der Waals surface area contributed by atoms with E-state index in [9.17, 15) is 18.0 Å². The molecule has 5 nitrogen and oxygen atoms in total. The van der Waals surface area contributed by atoms with Gasteiger partial charge in [0.2, 0.25) is 0 Å². The second kappa shape index (κ2) is 5.33. The highest BCUT2D eigenvalue weighted by molar-refractivity contribution is 5.87. The summed E-state index contributed by atoms with van der Waals surface area (Å²) in [5.74, 6) is -5.16. The summed E-state index contributed by atoms with van der Waals surface area (Å²) < 4.78 is 40.6. The maximum absolute atomic E-state index is 13.6. The topological polar surface area (TPSA) is 75.3 Å². The zero-order valence-electron chi connectivity index (χ0n) is 9.98. The average molecular weight is 286 g/mol. The van der Waals surface area contributed by atoms with Crippen molar-refractivity contribution in [2.45, 2.75) is 6.42 Å². The van der Waals surface area contributed by atoms with Gasteiger partial charge in [-0.1, -0.05) is 0 Å². The van der Waals surface area contributed by atoms with Crippen LogP contribution in [0.15, 0.2) is 18.3 Å². The minimum atomic E-state index is -1.41. The Morgan fingerprint density at radius 1 is 1.30 bits per heavy atom. The molecule has 1 heterocycles. The van der Waals surface area contributed by atoms with E-state index >= 15 is 0 Å². The van der Waals surface area contributed by atoms with Crippen LogP contribution in [0.25, 0.3) is 5.69 Å². The number of carboxylic acids is 1. The van der Waals surface area contributed by atoms with Crippen LogP contribution in [0.1, 0.15) is 16.1 Å². The molecule has 0 fully saturated rings. The summed E-state index contributed by atoms with van der Waals surface area (Å²) >= 11 is 0. The fourth-order valence-electron chi connectivity index (χ4n) is 1.73. The van der Waals surface area contributed by atoms with Crippen LogP contribution in [-0.4, -0.2) is 32.6 Å². The smallest absolute Gasteiger partial charge is 0.356 e. The molecule has 0 radical (unpaired) electrons. The molecule has 0 bridgehead atoms. The van der Waals surface area contributed by atoms with Gasteiger partial charge in [-0.15, -0.1) is 0 Å². The van der Waals surface area contributed by atoms with Gasteiger partial charge >= 0.3 is 5.97 Å². The molecule has 0 spiro atoms. The summed E-state index contributed by atoms with van der Waals surface area (Å²) in [4.78, 5) is 11.0. The molecule has 106 valence electrons. The minimum Gasteiger partial charge on any atom is -0.476 e. The van der Waals surface area contributed by atoms with Gasteiger partial charge in [0.05, 0.1) is 0 Å². The number of aliphatic hydroxyl groups excluding tert-OH is 1. The van der Waals surface area contributed by atoms with Gasteiger partial charge in [-0.25, -0.2) is 22.6 Å². The van der Waals surface area contributed by atoms with E-state index in [4.69, 9.17) is 10.2 Å². The molecule has 1 aromatic heterocycles. The van der Waals surface area contributed by atoms with Crippen LogP contribution in [0.5, 0.6) is 0 Å². The number of carbonyl (C=O) groups is 1. The lowest BCUT2D eigenvalue weighted by Gasteiger charge is -2.04. The molecule has 0 aliphatic heterocycles. The van der Waals surface area contributed by atoms with Crippen LogP contribution in [0.2, 0.25) is 0 Å². The minimum absolute atomic E-state index is 0.0267. The molecule has 2 rings (SSSR count). The van der Waals surface area contributed by atoms with E-state index < -0.39 is 34.8 Å². The van der Waals surface area contributed by atoms with Crippen LogP contribution in [0.4, 0.5) is 13.2 Å². The van der Waals surface area contributed by atoms with Gasteiger partial charge in [0.15, 0.2) is 17.3 Å². The Balaban J connectivity index is 2.59. The predicted molar refractivity (Wildman–Crippen MR) is 61.2 cm³/mol. The summed E-state index contributed by atoms with van der Waals surface area (Å²) in [5, 5.41) is 21.3. The fraction of sp³-hybridized carbons (Fsp3) is 0.167. The lowest BCUT2D eigenvalue weighted by atomic mass is 10.2. The summed E-state index contributed by atoms with van der Waals surface area (Å²) in [5.41, 5.74) is -0.832. The normalized spacial score (nSPS) is 10.8. The highest BCUT2D eigenvalue weighted by Gasteiger charge is 2.19. The lowest BCUT2D eigenvalue weighted by Crippen LogP contribution is -2.05. The highest BCUT2D eigenvalue weighted by atomic mass is 19.2. The zero-order chi connectivity index (χ0) is 14.9. The molecule has 1 aromatic carbocycles. The molecule has 0 atom stereocenters. The number of hydrogen-bond donors (Lipinski definition) is 2. The maximum Gasteiger partial charge on any atom is 0.356 e. The number of aliphatic hydroxyl groups is 1. The van der Waals surface area contributed by atoms with Gasteiger partial charge in [0.25, 0.3) is 0 Å². The molecule has 8 heteroatoms. The number of nitrogens with zero attached hydrogens (tertiary/aromatic N) is 2. The predicted octanol–water partition coefficient (Wildman–Crippen LogP) is 1.52. The van der Waals surface area contributed by atoms with Gasteiger partial charge in [-0.2, -0.15) is 5.10 Å². The number of aromatic carboxylic acids is 1. The first-order valence-corrected chi connectivity index (χ1v) is 5.51. The molecule has 0 saturated carbocycles. The third-order valence-electron chi connectivity index (χ3n) is 2.59. The molecule has 0 unspecified atom stereocenters. The van der Waals surface area contributed by atoms with Crippen molar-refractivity contribution in [2.24, 2.45) is 0 Å². The van der Waals surface area contributed by atoms with Crippen molar-refractivity contribution in [3.63, 3.8) is 0 Å². The Bertz CT molecular complexity index is 670. The van der Waals surface area contributed by atoms with Crippen LogP contribution < -0.4 is 0 Å². The zero-order valence-corrected chi connectivity index (χ0v) is 9.98. The summed E-state index contributed by atoms with van der Waals surface area (Å²) in [6.45, 7) is -0.341. The molecular weight excluding hydrogens is 277 g/mol. The van der Waals surface area contributed by atoms with Crippen LogP contribution in [0, 0.1) is 17.5 Å². The Hall–Kier alpha value is -2.35. The number of halogens is 3. The van der Waals surface area contributed by atoms with Crippen molar-refractivity contribution in [3.05, 3.63) is 47.0 Å². The van der Waals surface area contributed by atoms with Crippen molar-refractivity contribution >= 4 is 5.97 Å². The summed E-state index contributed by atoms with van der Waals surface area (Å²) in [6.07, 6.45) is 1.08. The van der Waals surface area contributed by atoms with E-state index in [2.05, 4.69) is 5.10 Å². The van der Waals surface area contributed by atoms with Crippen molar-refractivity contribution in [1.82, 2.24) is 9.78 Å². The molecule has 0 amide bonds. The fourth-order valence-corrected chi connectivity index (χ4v) is 1.73. The van der Waals surface area contributed by atoms with E-state index in [1.54, 1.807) is 0 Å². The van der Waals surface area contributed by atoms with E-state index in [1.807, 2.05) is 0 Å². The molecule has 2 aromatic rings. The Kier molecular flexibility index (Phi) is 3.75. The van der Waals surface area contributed by atoms with Crippen LogP contribution in [0.3, 0.4) is 0 Å². The Morgan fingerprint density at radius 3 is 2.60 bits per heavy atom. The van der Waals surface area contributed by atoms with E-state index in [0.29, 0.717) is 12.1 Å². The number of hydrogen-bond acceptors (Lipinski definition) is 3.